The molecule has 0 heterocycles. The number of nitrogens with one attached hydrogen (secondary N) is 2. The van der Waals surface area contributed by atoms with Gasteiger partial charge in [0.25, 0.3) is 10.0 Å². The van der Waals surface area contributed by atoms with Crippen molar-refractivity contribution in [2.75, 3.05) is 26.1 Å². The van der Waals surface area contributed by atoms with Gasteiger partial charge in [-0.3, -0.25) is 4.72 Å². The van der Waals surface area contributed by atoms with E-state index in [1.165, 1.54) is 57.7 Å². The Morgan fingerprint density at radius 1 is 0.724 bits per heavy atom. The number of ether oxygens (including phenoxy) is 3. The predicted molar refractivity (Wildman–Crippen MR) is 109 cm³/mol. The van der Waals surface area contributed by atoms with Crippen LogP contribution in [0.3, 0.4) is 0 Å². The molecule has 0 saturated carbocycles. The SMILES string of the molecule is COc1ccc(S(=O)(=O)NC(C)C)cc1NS(=O)(=O)c1ccc(OC)c(OC)c1. The number of methoxy groups -OCH3 is 3. The summed E-state index contributed by atoms with van der Waals surface area (Å²) in [4.78, 5) is -0.192. The second-order valence-corrected chi connectivity index (χ2v) is 9.66. The number of rotatable bonds is 9. The van der Waals surface area contributed by atoms with Gasteiger partial charge in [-0.1, -0.05) is 0 Å². The molecule has 2 aromatic rings. The fourth-order valence-electron chi connectivity index (χ4n) is 2.50. The highest BCUT2D eigenvalue weighted by atomic mass is 32.2. The van der Waals surface area contributed by atoms with Crippen LogP contribution in [0.4, 0.5) is 5.69 Å². The molecule has 29 heavy (non-hydrogen) atoms. The highest BCUT2D eigenvalue weighted by molar-refractivity contribution is 7.92. The van der Waals surface area contributed by atoms with Gasteiger partial charge in [0.1, 0.15) is 5.75 Å². The van der Waals surface area contributed by atoms with E-state index in [0.717, 1.165) is 0 Å². The molecule has 0 aliphatic carbocycles. The zero-order valence-electron chi connectivity index (χ0n) is 16.7. The summed E-state index contributed by atoms with van der Waals surface area (Å²) in [6, 6.07) is 7.68. The quantitative estimate of drug-likeness (QED) is 0.608. The summed E-state index contributed by atoms with van der Waals surface area (Å²) in [5.74, 6) is 0.772. The molecule has 2 rings (SSSR count). The van der Waals surface area contributed by atoms with Crippen LogP contribution in [-0.2, 0) is 20.0 Å². The maximum atomic E-state index is 12.8. The first kappa shape index (κ1) is 22.8. The van der Waals surface area contributed by atoms with Crippen molar-refractivity contribution in [2.24, 2.45) is 0 Å². The van der Waals surface area contributed by atoms with Gasteiger partial charge in [-0.25, -0.2) is 21.6 Å². The van der Waals surface area contributed by atoms with Gasteiger partial charge < -0.3 is 14.2 Å². The van der Waals surface area contributed by atoms with Gasteiger partial charge in [0.15, 0.2) is 11.5 Å². The van der Waals surface area contributed by atoms with E-state index in [4.69, 9.17) is 14.2 Å². The van der Waals surface area contributed by atoms with Gasteiger partial charge in [-0.15, -0.1) is 0 Å². The second kappa shape index (κ2) is 8.89. The second-order valence-electron chi connectivity index (χ2n) is 6.26. The first-order chi connectivity index (χ1) is 13.5. The van der Waals surface area contributed by atoms with Gasteiger partial charge in [0, 0.05) is 12.1 Å². The van der Waals surface area contributed by atoms with Crippen molar-refractivity contribution in [1.82, 2.24) is 4.72 Å². The maximum Gasteiger partial charge on any atom is 0.262 e. The van der Waals surface area contributed by atoms with Crippen molar-refractivity contribution in [1.29, 1.82) is 0 Å². The lowest BCUT2D eigenvalue weighted by atomic mass is 10.3. The third kappa shape index (κ3) is 5.31. The summed E-state index contributed by atoms with van der Waals surface area (Å²) in [6.45, 7) is 3.36. The zero-order chi connectivity index (χ0) is 21.8. The Balaban J connectivity index is 2.48. The van der Waals surface area contributed by atoms with E-state index in [1.807, 2.05) is 0 Å². The van der Waals surface area contributed by atoms with Crippen molar-refractivity contribution < 1.29 is 31.0 Å². The van der Waals surface area contributed by atoms with E-state index >= 15 is 0 Å². The van der Waals surface area contributed by atoms with Crippen LogP contribution in [-0.4, -0.2) is 44.2 Å². The molecule has 0 radical (unpaired) electrons. The third-order valence-corrected chi connectivity index (χ3v) is 6.80. The van der Waals surface area contributed by atoms with Crippen LogP contribution in [0, 0.1) is 0 Å². The first-order valence-corrected chi connectivity index (χ1v) is 11.5. The van der Waals surface area contributed by atoms with Crippen LogP contribution in [0.25, 0.3) is 0 Å². The summed E-state index contributed by atoms with van der Waals surface area (Å²) in [5, 5.41) is 0. The lowest BCUT2D eigenvalue weighted by Crippen LogP contribution is -2.30. The van der Waals surface area contributed by atoms with Gasteiger partial charge in [0.05, 0.1) is 36.8 Å². The van der Waals surface area contributed by atoms with Crippen molar-refractivity contribution in [2.45, 2.75) is 29.7 Å². The van der Waals surface area contributed by atoms with E-state index in [-0.39, 0.29) is 33.0 Å². The highest BCUT2D eigenvalue weighted by Crippen LogP contribution is 2.33. The molecule has 0 amide bonds. The normalized spacial score (nSPS) is 11.9. The Labute approximate surface area is 171 Å². The van der Waals surface area contributed by atoms with Crippen LogP contribution in [0.15, 0.2) is 46.2 Å². The molecule has 2 N–H and O–H groups in total. The summed E-state index contributed by atoms with van der Waals surface area (Å²) < 4.78 is 70.8. The number of sulfonamides is 2. The Hall–Kier alpha value is -2.50. The molecule has 11 heteroatoms. The van der Waals surface area contributed by atoms with Crippen molar-refractivity contribution in [3.05, 3.63) is 36.4 Å². The van der Waals surface area contributed by atoms with E-state index in [1.54, 1.807) is 13.8 Å². The molecule has 0 unspecified atom stereocenters. The molecule has 0 aliphatic heterocycles. The maximum absolute atomic E-state index is 12.8. The molecule has 0 bridgehead atoms. The summed E-state index contributed by atoms with van der Waals surface area (Å²) >= 11 is 0. The Morgan fingerprint density at radius 2 is 1.24 bits per heavy atom. The van der Waals surface area contributed by atoms with Crippen molar-refractivity contribution >= 4 is 25.7 Å². The monoisotopic (exact) mass is 444 g/mol. The Morgan fingerprint density at radius 3 is 1.76 bits per heavy atom. The molecule has 160 valence electrons. The lowest BCUT2D eigenvalue weighted by Gasteiger charge is -2.15. The average molecular weight is 445 g/mol. The minimum atomic E-state index is -4.07. The van der Waals surface area contributed by atoms with Gasteiger partial charge in [-0.05, 0) is 44.2 Å². The molecule has 0 aromatic heterocycles. The molecule has 0 atom stereocenters. The van der Waals surface area contributed by atoms with Crippen LogP contribution in [0.2, 0.25) is 0 Å². The predicted octanol–water partition coefficient (Wildman–Crippen LogP) is 2.20. The molecule has 2 aromatic carbocycles. The largest absolute Gasteiger partial charge is 0.495 e. The highest BCUT2D eigenvalue weighted by Gasteiger charge is 2.22. The molecule has 9 nitrogen and oxygen atoms in total. The lowest BCUT2D eigenvalue weighted by molar-refractivity contribution is 0.354. The summed E-state index contributed by atoms with van der Waals surface area (Å²) in [6.07, 6.45) is 0. The summed E-state index contributed by atoms with van der Waals surface area (Å²) in [5.41, 5.74) is -0.0195. The van der Waals surface area contributed by atoms with E-state index < -0.39 is 20.0 Å². The number of benzene rings is 2. The zero-order valence-corrected chi connectivity index (χ0v) is 18.3. The minimum Gasteiger partial charge on any atom is -0.495 e. The third-order valence-electron chi connectivity index (χ3n) is 3.78. The van der Waals surface area contributed by atoms with Gasteiger partial charge >= 0.3 is 0 Å². The topological polar surface area (TPSA) is 120 Å². The Kier molecular flexibility index (Phi) is 6.98. The molecular weight excluding hydrogens is 420 g/mol. The van der Waals surface area contributed by atoms with E-state index in [2.05, 4.69) is 9.44 Å². The molecule has 0 fully saturated rings. The number of hydrogen-bond acceptors (Lipinski definition) is 7. The van der Waals surface area contributed by atoms with Gasteiger partial charge in [0.2, 0.25) is 10.0 Å². The van der Waals surface area contributed by atoms with Gasteiger partial charge in [-0.2, -0.15) is 0 Å². The summed E-state index contributed by atoms with van der Waals surface area (Å²) in [7, 11) is -3.72. The fourth-order valence-corrected chi connectivity index (χ4v) is 4.85. The van der Waals surface area contributed by atoms with Crippen LogP contribution in [0.5, 0.6) is 17.2 Å². The van der Waals surface area contributed by atoms with E-state index in [9.17, 15) is 16.8 Å². The fraction of sp³-hybridized carbons (Fsp3) is 0.333. The molecule has 0 saturated heterocycles. The van der Waals surface area contributed by atoms with Crippen LogP contribution < -0.4 is 23.7 Å². The molecule has 0 spiro atoms. The molecular formula is C18H24N2O7S2. The van der Waals surface area contributed by atoms with Crippen molar-refractivity contribution in [3.8, 4) is 17.2 Å². The standard InChI is InChI=1S/C18H24N2O7S2/c1-12(2)19-28(21,22)13-6-8-16(25-3)15(10-13)20-29(23,24)14-7-9-17(26-4)18(11-14)27-5/h6-12,19-20H,1-5H3. The number of anilines is 1. The average Bonchev–Trinajstić information content (AvgIpc) is 2.66. The number of hydrogen-bond donors (Lipinski definition) is 2. The van der Waals surface area contributed by atoms with Crippen LogP contribution >= 0.6 is 0 Å². The smallest absolute Gasteiger partial charge is 0.262 e. The first-order valence-electron chi connectivity index (χ1n) is 8.49. The minimum absolute atomic E-state index is 0.0195. The van der Waals surface area contributed by atoms with E-state index in [0.29, 0.717) is 5.75 Å². The van der Waals surface area contributed by atoms with Crippen LogP contribution in [0.1, 0.15) is 13.8 Å². The Bertz CT molecular complexity index is 1080. The van der Waals surface area contributed by atoms with Crippen molar-refractivity contribution in [3.63, 3.8) is 0 Å². The molecule has 0 aliphatic rings.